The van der Waals surface area contributed by atoms with E-state index in [-0.39, 0.29) is 28.7 Å². The first kappa shape index (κ1) is 34.0. The van der Waals surface area contributed by atoms with E-state index in [1.165, 1.54) is 4.68 Å². The van der Waals surface area contributed by atoms with Gasteiger partial charge in [-0.2, -0.15) is 24.5 Å². The van der Waals surface area contributed by atoms with Crippen LogP contribution in [0.1, 0.15) is 23.2 Å². The molecule has 4 heterocycles. The second-order valence-corrected chi connectivity index (χ2v) is 10.8. The van der Waals surface area contributed by atoms with Gasteiger partial charge in [-0.1, -0.05) is 48.0 Å². The first-order valence-corrected chi connectivity index (χ1v) is 14.5. The molecule has 233 valence electrons. The first-order chi connectivity index (χ1) is 21.2. The van der Waals surface area contributed by atoms with Crippen LogP contribution in [0.2, 0.25) is 5.02 Å². The quantitative estimate of drug-likeness (QED) is 0.168. The number of aryl methyl sites for hydroxylation is 2. The normalized spacial score (nSPS) is 14.2. The summed E-state index contributed by atoms with van der Waals surface area (Å²) in [7, 11) is 3.20. The van der Waals surface area contributed by atoms with Crippen LogP contribution >= 0.6 is 11.6 Å². The molecule has 1 aliphatic heterocycles. The molecule has 0 spiro atoms. The van der Waals surface area contributed by atoms with E-state index in [1.807, 2.05) is 74.9 Å². The Balaban J connectivity index is 0.000000510. The average molecular weight is 667 g/mol. The van der Waals surface area contributed by atoms with Crippen molar-refractivity contribution in [2.24, 2.45) is 7.05 Å². The van der Waals surface area contributed by atoms with Crippen molar-refractivity contribution in [1.29, 1.82) is 0 Å². The standard InChI is InChI=1S/C29H25ClN5O2.C5H9O2.Mn/c1-16-12-13-24(34-28(16)37-5)22-10-6-9-21(26(22)30)20-8-7-11-23(18(20)3)33-27-25-19(14-17(2)32-27)15-31-35(4)29(25)36;6-5-2-1-3-7-4-5;/h6-15H,1H2,2-5H3,(H,32,33);2,5-6H,1,3-4H2;/q2*-1;+2. The molecule has 0 bridgehead atoms. The second-order valence-electron chi connectivity index (χ2n) is 10.5. The molecule has 11 heteroatoms. The van der Waals surface area contributed by atoms with E-state index in [4.69, 9.17) is 26.2 Å². The number of aromatic nitrogens is 4. The minimum absolute atomic E-state index is 0. The van der Waals surface area contributed by atoms with Crippen molar-refractivity contribution in [2.45, 2.75) is 26.4 Å². The minimum atomic E-state index is -0.311. The molecule has 1 saturated heterocycles. The van der Waals surface area contributed by atoms with Gasteiger partial charge in [0.25, 0.3) is 5.56 Å². The van der Waals surface area contributed by atoms with E-state index < -0.39 is 0 Å². The molecule has 1 atom stereocenters. The summed E-state index contributed by atoms with van der Waals surface area (Å²) < 4.78 is 11.6. The third-order valence-corrected chi connectivity index (χ3v) is 7.74. The van der Waals surface area contributed by atoms with Crippen molar-refractivity contribution in [1.82, 2.24) is 19.7 Å². The van der Waals surface area contributed by atoms with Crippen molar-refractivity contribution in [3.8, 4) is 28.3 Å². The number of hydrogen-bond donors (Lipinski definition) is 2. The number of anilines is 2. The predicted octanol–water partition coefficient (Wildman–Crippen LogP) is 6.23. The van der Waals surface area contributed by atoms with E-state index in [0.29, 0.717) is 40.0 Å². The van der Waals surface area contributed by atoms with Gasteiger partial charge in [-0.3, -0.25) is 16.2 Å². The molecular weight excluding hydrogens is 633 g/mol. The van der Waals surface area contributed by atoms with Gasteiger partial charge in [0.15, 0.2) is 0 Å². The maximum absolute atomic E-state index is 12.9. The maximum atomic E-state index is 12.9. The fourth-order valence-corrected chi connectivity index (χ4v) is 5.34. The summed E-state index contributed by atoms with van der Waals surface area (Å²) in [6.07, 6.45) is 4.12. The first-order valence-electron chi connectivity index (χ1n) is 14.1. The molecule has 1 aliphatic rings. The Bertz CT molecular complexity index is 1870. The summed E-state index contributed by atoms with van der Waals surface area (Å²) >= 11 is 6.95. The minimum Gasteiger partial charge on any atom is -0.537 e. The number of aliphatic hydroxyl groups is 1. The van der Waals surface area contributed by atoms with Gasteiger partial charge in [0.1, 0.15) is 11.7 Å². The fourth-order valence-electron chi connectivity index (χ4n) is 5.02. The van der Waals surface area contributed by atoms with Crippen molar-refractivity contribution >= 4 is 33.9 Å². The number of hydrogen-bond acceptors (Lipinski definition) is 8. The molecule has 1 radical (unpaired) electrons. The molecule has 0 aliphatic carbocycles. The molecule has 1 unspecified atom stereocenters. The van der Waals surface area contributed by atoms with Crippen LogP contribution in [0, 0.1) is 27.2 Å². The van der Waals surface area contributed by atoms with Gasteiger partial charge < -0.3 is 19.9 Å². The molecule has 6 rings (SSSR count). The molecule has 3 aromatic heterocycles. The van der Waals surface area contributed by atoms with Crippen molar-refractivity contribution in [2.75, 3.05) is 25.6 Å². The number of rotatable bonds is 5. The molecule has 0 saturated carbocycles. The number of nitrogens with one attached hydrogen (secondary N) is 1. The van der Waals surface area contributed by atoms with Crippen LogP contribution in [0.15, 0.2) is 65.6 Å². The van der Waals surface area contributed by atoms with Gasteiger partial charge in [-0.05, 0) is 43.2 Å². The molecule has 2 N–H and O–H groups in total. The Hall–Kier alpha value is -3.92. The van der Waals surface area contributed by atoms with Gasteiger partial charge in [0.05, 0.1) is 23.7 Å². The number of benzene rings is 2. The van der Waals surface area contributed by atoms with E-state index in [2.05, 4.69) is 27.3 Å². The van der Waals surface area contributed by atoms with Crippen LogP contribution in [-0.4, -0.2) is 51.3 Å². The maximum Gasteiger partial charge on any atom is 2.00 e. The van der Waals surface area contributed by atoms with Crippen molar-refractivity contribution < 1.29 is 31.6 Å². The van der Waals surface area contributed by atoms with E-state index in [9.17, 15) is 4.79 Å². The summed E-state index contributed by atoms with van der Waals surface area (Å²) in [6.45, 7) is 9.11. The third-order valence-electron chi connectivity index (χ3n) is 7.33. The largest absolute Gasteiger partial charge is 2.00 e. The Morgan fingerprint density at radius 3 is 2.53 bits per heavy atom. The zero-order chi connectivity index (χ0) is 31.4. The van der Waals surface area contributed by atoms with Gasteiger partial charge in [-0.25, -0.2) is 9.67 Å². The third kappa shape index (κ3) is 7.49. The van der Waals surface area contributed by atoms with E-state index >= 15 is 0 Å². The van der Waals surface area contributed by atoms with Crippen LogP contribution in [0.25, 0.3) is 33.2 Å². The smallest absolute Gasteiger partial charge is 0.537 e. The molecule has 1 fully saturated rings. The summed E-state index contributed by atoms with van der Waals surface area (Å²) in [5, 5.41) is 18.1. The number of fused-ring (bicyclic) bond motifs is 1. The zero-order valence-corrected chi connectivity index (χ0v) is 27.4. The van der Waals surface area contributed by atoms with Crippen LogP contribution in [-0.2, 0) is 28.9 Å². The summed E-state index contributed by atoms with van der Waals surface area (Å²) in [5.41, 5.74) is 6.35. The number of halogens is 1. The summed E-state index contributed by atoms with van der Waals surface area (Å²) in [6, 6.07) is 17.4. The van der Waals surface area contributed by atoms with Gasteiger partial charge in [0.2, 0.25) is 0 Å². The van der Waals surface area contributed by atoms with Gasteiger partial charge >= 0.3 is 17.1 Å². The van der Waals surface area contributed by atoms with Crippen LogP contribution < -0.4 is 15.6 Å². The predicted molar refractivity (Wildman–Crippen MR) is 174 cm³/mol. The Morgan fingerprint density at radius 1 is 1.11 bits per heavy atom. The molecule has 2 aromatic carbocycles. The van der Waals surface area contributed by atoms with Crippen molar-refractivity contribution in [3.05, 3.63) is 106 Å². The summed E-state index contributed by atoms with van der Waals surface area (Å²) in [4.78, 5) is 22.1. The topological polar surface area (TPSA) is 111 Å². The number of ether oxygens (including phenoxy) is 2. The Labute approximate surface area is 278 Å². The van der Waals surface area contributed by atoms with E-state index in [0.717, 1.165) is 52.0 Å². The number of nitrogens with zero attached hydrogens (tertiary/aromatic N) is 4. The number of methoxy groups -OCH3 is 1. The molecular formula is C34H34ClMnN5O4. The molecule has 5 aromatic rings. The van der Waals surface area contributed by atoms with E-state index in [1.54, 1.807) is 20.4 Å². The van der Waals surface area contributed by atoms with Crippen LogP contribution in [0.5, 0.6) is 5.88 Å². The van der Waals surface area contributed by atoms with Gasteiger partial charge in [-0.15, -0.1) is 5.56 Å². The van der Waals surface area contributed by atoms with Crippen molar-refractivity contribution in [3.63, 3.8) is 0 Å². The molecule has 45 heavy (non-hydrogen) atoms. The van der Waals surface area contributed by atoms with Crippen LogP contribution in [0.4, 0.5) is 11.5 Å². The average Bonchev–Trinajstić information content (AvgIpc) is 3.01. The second kappa shape index (κ2) is 14.9. The number of aliphatic hydroxyl groups excluding tert-OH is 1. The van der Waals surface area contributed by atoms with Gasteiger partial charge in [0, 0.05) is 53.8 Å². The molecule has 0 amide bonds. The zero-order valence-electron chi connectivity index (χ0n) is 25.5. The fraction of sp³-hybridized carbons (Fsp3) is 0.235. The summed E-state index contributed by atoms with van der Waals surface area (Å²) in [5.74, 6) is 0.947. The monoisotopic (exact) mass is 666 g/mol. The Kier molecular flexibility index (Phi) is 11.3. The SMILES string of the molecule is OC1[CH-]CCOC1.[CH2-]c1ccc(-c2cccc(-c3cccc(Nc4nc(C)cc5cnn(C)c(=O)c45)c3C)c2Cl)nc1OC.[Mn+2]. The number of pyridine rings is 2. The Morgan fingerprint density at radius 2 is 1.84 bits per heavy atom. The molecule has 9 nitrogen and oxygen atoms in total. The van der Waals surface area contributed by atoms with Crippen LogP contribution in [0.3, 0.4) is 0 Å².